The summed E-state index contributed by atoms with van der Waals surface area (Å²) in [6.45, 7) is 2.93. The van der Waals surface area contributed by atoms with E-state index in [0.29, 0.717) is 5.69 Å². The Morgan fingerprint density at radius 2 is 1.74 bits per heavy atom. The van der Waals surface area contributed by atoms with Crippen LogP contribution in [-0.4, -0.2) is 35.9 Å². The van der Waals surface area contributed by atoms with Gasteiger partial charge < -0.3 is 4.74 Å². The van der Waals surface area contributed by atoms with Gasteiger partial charge in [-0.05, 0) is 43.3 Å². The molecule has 1 heterocycles. The maximum absolute atomic E-state index is 13.2. The summed E-state index contributed by atoms with van der Waals surface area (Å²) in [5.41, 5.74) is -0.257. The Balaban J connectivity index is 1.98. The highest BCUT2D eigenvalue weighted by Gasteiger charge is 2.51. The zero-order chi connectivity index (χ0) is 19.6. The Morgan fingerprint density at radius 3 is 2.33 bits per heavy atom. The van der Waals surface area contributed by atoms with Crippen molar-refractivity contribution in [1.82, 2.24) is 5.01 Å². The first kappa shape index (κ1) is 18.6. The van der Waals surface area contributed by atoms with Crippen molar-refractivity contribution < 1.29 is 23.5 Å². The average Bonchev–Trinajstić information content (AvgIpc) is 2.93. The number of anilines is 1. The molecular formula is C20H19FN2O4. The van der Waals surface area contributed by atoms with Gasteiger partial charge in [-0.25, -0.2) is 4.39 Å². The number of rotatable bonds is 4. The minimum atomic E-state index is -1.09. The van der Waals surface area contributed by atoms with Crippen LogP contribution in [0.1, 0.15) is 24.2 Å². The topological polar surface area (TPSA) is 66.9 Å². The van der Waals surface area contributed by atoms with E-state index in [2.05, 4.69) is 0 Å². The predicted octanol–water partition coefficient (Wildman–Crippen LogP) is 2.80. The summed E-state index contributed by atoms with van der Waals surface area (Å²) < 4.78 is 18.3. The largest absolute Gasteiger partial charge is 0.465 e. The van der Waals surface area contributed by atoms with Crippen molar-refractivity contribution in [2.45, 2.75) is 13.8 Å². The smallest absolute Gasteiger partial charge is 0.302 e. The molecule has 0 radical (unpaired) electrons. The van der Waals surface area contributed by atoms with Crippen LogP contribution in [-0.2, 0) is 14.3 Å². The number of hydrazine groups is 1. The van der Waals surface area contributed by atoms with Gasteiger partial charge >= 0.3 is 5.97 Å². The van der Waals surface area contributed by atoms with Crippen LogP contribution >= 0.6 is 0 Å². The lowest BCUT2D eigenvalue weighted by atomic mass is 9.92. The standard InChI is InChI=1S/C20H19FN2O4/c1-14(24)27-13-20(2)12-22(17-6-4-3-5-7-17)23(19(20)26)18(25)15-8-10-16(21)11-9-15/h3-11H,12-13H2,1-2H3/t20-/m1/s1. The zero-order valence-corrected chi connectivity index (χ0v) is 15.0. The van der Waals surface area contributed by atoms with Gasteiger partial charge in [0, 0.05) is 12.5 Å². The normalized spacial score (nSPS) is 19.3. The van der Waals surface area contributed by atoms with Crippen molar-refractivity contribution >= 4 is 23.5 Å². The minimum Gasteiger partial charge on any atom is -0.465 e. The number of ether oxygens (including phenoxy) is 1. The van der Waals surface area contributed by atoms with Crippen molar-refractivity contribution in [3.8, 4) is 0 Å². The lowest BCUT2D eigenvalue weighted by molar-refractivity contribution is -0.147. The molecule has 1 saturated heterocycles. The van der Waals surface area contributed by atoms with Crippen LogP contribution < -0.4 is 5.01 Å². The average molecular weight is 370 g/mol. The molecule has 2 amide bonds. The Labute approximate surface area is 156 Å². The molecule has 1 atom stereocenters. The van der Waals surface area contributed by atoms with Gasteiger partial charge in [-0.15, -0.1) is 0 Å². The van der Waals surface area contributed by atoms with Crippen LogP contribution in [0.3, 0.4) is 0 Å². The molecule has 2 aromatic rings. The molecule has 2 aromatic carbocycles. The molecule has 140 valence electrons. The Kier molecular flexibility index (Phi) is 4.94. The van der Waals surface area contributed by atoms with Gasteiger partial charge in [0.05, 0.1) is 12.2 Å². The maximum Gasteiger partial charge on any atom is 0.302 e. The van der Waals surface area contributed by atoms with E-state index < -0.39 is 29.0 Å². The van der Waals surface area contributed by atoms with Gasteiger partial charge in [0.15, 0.2) is 0 Å². The van der Waals surface area contributed by atoms with Crippen molar-refractivity contribution in [2.75, 3.05) is 18.2 Å². The molecule has 0 N–H and O–H groups in total. The summed E-state index contributed by atoms with van der Waals surface area (Å²) in [4.78, 5) is 37.3. The van der Waals surface area contributed by atoms with Gasteiger partial charge in [0.2, 0.25) is 0 Å². The van der Waals surface area contributed by atoms with Gasteiger partial charge in [-0.1, -0.05) is 18.2 Å². The van der Waals surface area contributed by atoms with Gasteiger partial charge in [0.1, 0.15) is 17.8 Å². The third-order valence-electron chi connectivity index (χ3n) is 4.38. The minimum absolute atomic E-state index is 0.141. The third kappa shape index (κ3) is 3.67. The number of esters is 1. The van der Waals surface area contributed by atoms with Crippen LogP contribution in [0.25, 0.3) is 0 Å². The molecule has 7 heteroatoms. The number of imide groups is 1. The number of nitrogens with zero attached hydrogens (tertiary/aromatic N) is 2. The number of halogens is 1. The summed E-state index contributed by atoms with van der Waals surface area (Å²) in [5.74, 6) is -2.03. The molecule has 3 rings (SSSR count). The quantitative estimate of drug-likeness (QED) is 0.612. The van der Waals surface area contributed by atoms with E-state index in [1.54, 1.807) is 36.2 Å². The molecule has 1 fully saturated rings. The number of amides is 2. The molecule has 27 heavy (non-hydrogen) atoms. The molecule has 6 nitrogen and oxygen atoms in total. The van der Waals surface area contributed by atoms with Crippen molar-refractivity contribution in [3.63, 3.8) is 0 Å². The SMILES string of the molecule is CC(=O)OC[C@@]1(C)CN(c2ccccc2)N(C(=O)c2ccc(F)cc2)C1=O. The Morgan fingerprint density at radius 1 is 1.11 bits per heavy atom. The molecule has 0 aromatic heterocycles. The van der Waals surface area contributed by atoms with E-state index in [0.717, 1.165) is 5.01 Å². The monoisotopic (exact) mass is 370 g/mol. The van der Waals surface area contributed by atoms with Crippen LogP contribution in [0.4, 0.5) is 10.1 Å². The first-order chi connectivity index (χ1) is 12.8. The van der Waals surface area contributed by atoms with Gasteiger partial charge in [-0.3, -0.25) is 19.4 Å². The molecule has 0 bridgehead atoms. The van der Waals surface area contributed by atoms with Crippen LogP contribution in [0.2, 0.25) is 0 Å². The number of carbonyl (C=O) groups is 3. The van der Waals surface area contributed by atoms with E-state index in [9.17, 15) is 18.8 Å². The van der Waals surface area contributed by atoms with Crippen LogP contribution in [0, 0.1) is 11.2 Å². The summed E-state index contributed by atoms with van der Waals surface area (Å²) in [5, 5.41) is 2.59. The Hall–Kier alpha value is -3.22. The third-order valence-corrected chi connectivity index (χ3v) is 4.38. The molecule has 1 aliphatic heterocycles. The highest BCUT2D eigenvalue weighted by Crippen LogP contribution is 2.35. The number of benzene rings is 2. The second-order valence-corrected chi connectivity index (χ2v) is 6.66. The molecule has 0 spiro atoms. The fourth-order valence-corrected chi connectivity index (χ4v) is 2.93. The first-order valence-corrected chi connectivity index (χ1v) is 8.42. The zero-order valence-electron chi connectivity index (χ0n) is 15.0. The molecule has 0 saturated carbocycles. The van der Waals surface area contributed by atoms with Crippen molar-refractivity contribution in [2.24, 2.45) is 5.41 Å². The number of para-hydroxylation sites is 1. The van der Waals surface area contributed by atoms with Crippen LogP contribution in [0.5, 0.6) is 0 Å². The maximum atomic E-state index is 13.2. The van der Waals surface area contributed by atoms with Crippen molar-refractivity contribution in [1.29, 1.82) is 0 Å². The predicted molar refractivity (Wildman–Crippen MR) is 96.1 cm³/mol. The highest BCUT2D eigenvalue weighted by molar-refractivity contribution is 6.09. The number of carbonyl (C=O) groups excluding carboxylic acids is 3. The second-order valence-electron chi connectivity index (χ2n) is 6.66. The van der Waals surface area contributed by atoms with E-state index in [-0.39, 0.29) is 18.7 Å². The summed E-state index contributed by atoms with van der Waals surface area (Å²) >= 11 is 0. The Bertz CT molecular complexity index is 869. The fraction of sp³-hybridized carbons (Fsp3) is 0.250. The molecule has 0 unspecified atom stereocenters. The van der Waals surface area contributed by atoms with E-state index in [4.69, 9.17) is 4.74 Å². The summed E-state index contributed by atoms with van der Waals surface area (Å²) in [6, 6.07) is 13.9. The lowest BCUT2D eigenvalue weighted by Crippen LogP contribution is -2.44. The van der Waals surface area contributed by atoms with E-state index >= 15 is 0 Å². The van der Waals surface area contributed by atoms with E-state index in [1.807, 2.05) is 6.07 Å². The summed E-state index contributed by atoms with van der Waals surface area (Å²) in [7, 11) is 0. The highest BCUT2D eigenvalue weighted by atomic mass is 19.1. The van der Waals surface area contributed by atoms with E-state index in [1.165, 1.54) is 31.2 Å². The molecule has 1 aliphatic rings. The van der Waals surface area contributed by atoms with Gasteiger partial charge in [-0.2, -0.15) is 5.01 Å². The first-order valence-electron chi connectivity index (χ1n) is 8.42. The molecular weight excluding hydrogens is 351 g/mol. The van der Waals surface area contributed by atoms with Gasteiger partial charge in [0.25, 0.3) is 11.8 Å². The second kappa shape index (κ2) is 7.19. The number of hydrogen-bond donors (Lipinski definition) is 0. The fourth-order valence-electron chi connectivity index (χ4n) is 2.93. The summed E-state index contributed by atoms with van der Waals surface area (Å²) in [6.07, 6.45) is 0. The van der Waals surface area contributed by atoms with Crippen molar-refractivity contribution in [3.05, 3.63) is 66.0 Å². The lowest BCUT2D eigenvalue weighted by Gasteiger charge is -2.27. The number of hydrogen-bond acceptors (Lipinski definition) is 5. The molecule has 0 aliphatic carbocycles. The van der Waals surface area contributed by atoms with Crippen LogP contribution in [0.15, 0.2) is 54.6 Å².